The molecule has 1 aliphatic rings. The summed E-state index contributed by atoms with van der Waals surface area (Å²) in [5, 5.41) is 8.66. The number of primary amides is 1. The number of hydrogen-bond acceptors (Lipinski definition) is 4. The monoisotopic (exact) mass is 382 g/mol. The van der Waals surface area contributed by atoms with Crippen LogP contribution >= 0.6 is 27.3 Å². The van der Waals surface area contributed by atoms with Crippen LogP contribution in [-0.2, 0) is 0 Å². The van der Waals surface area contributed by atoms with E-state index in [9.17, 15) is 9.59 Å². The van der Waals surface area contributed by atoms with Crippen molar-refractivity contribution in [2.45, 2.75) is 25.3 Å². The number of thiophene rings is 1. The summed E-state index contributed by atoms with van der Waals surface area (Å²) in [6, 6.07) is 3.38. The number of amides is 2. The third-order valence-corrected chi connectivity index (χ3v) is 5.43. The van der Waals surface area contributed by atoms with Crippen molar-refractivity contribution in [3.63, 3.8) is 0 Å². The number of halogens is 1. The highest BCUT2D eigenvalue weighted by atomic mass is 79.9. The number of carbonyl (C=O) groups is 2. The Labute approximate surface area is 139 Å². The SMILES string of the molecule is NC(=O)c1cc([C@H]2CCCCN2C(=O)c2cc(Br)cs2)[nH]n1. The molecule has 1 aliphatic heterocycles. The second-order valence-electron chi connectivity index (χ2n) is 5.21. The molecule has 3 rings (SSSR count). The van der Waals surface area contributed by atoms with Crippen molar-refractivity contribution >= 4 is 39.1 Å². The average molecular weight is 383 g/mol. The van der Waals surface area contributed by atoms with Crippen LogP contribution in [0.5, 0.6) is 0 Å². The summed E-state index contributed by atoms with van der Waals surface area (Å²) in [6.45, 7) is 0.698. The first-order valence-electron chi connectivity index (χ1n) is 6.96. The maximum atomic E-state index is 12.7. The number of piperidine rings is 1. The van der Waals surface area contributed by atoms with Crippen LogP contribution in [0.1, 0.15) is 51.2 Å². The highest BCUT2D eigenvalue weighted by molar-refractivity contribution is 9.10. The molecule has 3 heterocycles. The molecule has 0 spiro atoms. The van der Waals surface area contributed by atoms with E-state index in [0.717, 1.165) is 29.4 Å². The second kappa shape index (κ2) is 6.21. The topological polar surface area (TPSA) is 92.1 Å². The van der Waals surface area contributed by atoms with Gasteiger partial charge >= 0.3 is 0 Å². The molecule has 2 aromatic rings. The molecule has 116 valence electrons. The molecule has 6 nitrogen and oxygen atoms in total. The van der Waals surface area contributed by atoms with Crippen molar-refractivity contribution in [1.29, 1.82) is 0 Å². The number of nitrogens with two attached hydrogens (primary N) is 1. The molecule has 0 saturated carbocycles. The molecule has 1 saturated heterocycles. The van der Waals surface area contributed by atoms with Crippen LogP contribution in [0.2, 0.25) is 0 Å². The summed E-state index contributed by atoms with van der Waals surface area (Å²) in [5.74, 6) is -0.561. The third-order valence-electron chi connectivity index (χ3n) is 3.75. The van der Waals surface area contributed by atoms with Gasteiger partial charge in [-0.25, -0.2) is 0 Å². The van der Waals surface area contributed by atoms with Crippen LogP contribution in [0.15, 0.2) is 22.0 Å². The fourth-order valence-corrected chi connectivity index (χ4v) is 4.08. The molecule has 22 heavy (non-hydrogen) atoms. The van der Waals surface area contributed by atoms with Gasteiger partial charge < -0.3 is 10.6 Å². The summed E-state index contributed by atoms with van der Waals surface area (Å²) in [7, 11) is 0. The molecule has 0 radical (unpaired) electrons. The van der Waals surface area contributed by atoms with E-state index in [-0.39, 0.29) is 17.6 Å². The van der Waals surface area contributed by atoms with E-state index in [2.05, 4.69) is 26.1 Å². The fourth-order valence-electron chi connectivity index (χ4n) is 2.70. The van der Waals surface area contributed by atoms with Crippen LogP contribution < -0.4 is 5.73 Å². The number of H-pyrrole nitrogens is 1. The van der Waals surface area contributed by atoms with Gasteiger partial charge in [-0.2, -0.15) is 5.10 Å². The maximum Gasteiger partial charge on any atom is 0.269 e. The van der Waals surface area contributed by atoms with E-state index >= 15 is 0 Å². The molecular weight excluding hydrogens is 368 g/mol. The largest absolute Gasteiger partial charge is 0.364 e. The van der Waals surface area contributed by atoms with Gasteiger partial charge in [0.25, 0.3) is 11.8 Å². The standard InChI is InChI=1S/C14H15BrN4O2S/c15-8-5-12(22-7-8)14(21)19-4-2-1-3-11(19)9-6-10(13(16)20)18-17-9/h5-7,11H,1-4H2,(H2,16,20)(H,17,18)/t11-/m1/s1. The Bertz CT molecular complexity index is 711. The van der Waals surface area contributed by atoms with Gasteiger partial charge in [0.2, 0.25) is 0 Å². The second-order valence-corrected chi connectivity index (χ2v) is 7.04. The molecule has 3 N–H and O–H groups in total. The van der Waals surface area contributed by atoms with E-state index in [1.807, 2.05) is 16.3 Å². The van der Waals surface area contributed by atoms with Gasteiger partial charge in [0.15, 0.2) is 0 Å². The van der Waals surface area contributed by atoms with Crippen molar-refractivity contribution in [3.8, 4) is 0 Å². The predicted molar refractivity (Wildman–Crippen MR) is 86.8 cm³/mol. The van der Waals surface area contributed by atoms with Crippen LogP contribution in [0.4, 0.5) is 0 Å². The molecule has 0 aliphatic carbocycles. The van der Waals surface area contributed by atoms with Gasteiger partial charge in [0.1, 0.15) is 5.69 Å². The molecule has 2 amide bonds. The number of likely N-dealkylation sites (tertiary alicyclic amines) is 1. The summed E-state index contributed by atoms with van der Waals surface area (Å²) in [5.41, 5.74) is 6.20. The van der Waals surface area contributed by atoms with Crippen LogP contribution in [0.25, 0.3) is 0 Å². The van der Waals surface area contributed by atoms with Crippen molar-refractivity contribution in [3.05, 3.63) is 38.3 Å². The lowest BCUT2D eigenvalue weighted by molar-refractivity contribution is 0.0611. The maximum absolute atomic E-state index is 12.7. The molecule has 1 fully saturated rings. The molecular formula is C14H15BrN4O2S. The molecule has 8 heteroatoms. The Morgan fingerprint density at radius 1 is 1.41 bits per heavy atom. The first-order valence-corrected chi connectivity index (χ1v) is 8.63. The highest BCUT2D eigenvalue weighted by Gasteiger charge is 2.31. The predicted octanol–water partition coefficient (Wildman–Crippen LogP) is 2.70. The average Bonchev–Trinajstić information content (AvgIpc) is 3.15. The molecule has 0 unspecified atom stereocenters. The van der Waals surface area contributed by atoms with Crippen molar-refractivity contribution < 1.29 is 9.59 Å². The zero-order valence-electron chi connectivity index (χ0n) is 11.7. The van der Waals surface area contributed by atoms with E-state index in [4.69, 9.17) is 5.73 Å². The lowest BCUT2D eigenvalue weighted by Gasteiger charge is -2.34. The smallest absolute Gasteiger partial charge is 0.269 e. The number of carbonyl (C=O) groups excluding carboxylic acids is 2. The Balaban J connectivity index is 1.87. The van der Waals surface area contributed by atoms with Gasteiger partial charge in [0.05, 0.1) is 16.6 Å². The molecule has 2 aromatic heterocycles. The van der Waals surface area contributed by atoms with Crippen molar-refractivity contribution in [2.75, 3.05) is 6.54 Å². The zero-order valence-corrected chi connectivity index (χ0v) is 14.1. The minimum atomic E-state index is -0.571. The van der Waals surface area contributed by atoms with E-state index in [1.165, 1.54) is 11.3 Å². The number of hydrogen-bond donors (Lipinski definition) is 2. The number of nitrogens with zero attached hydrogens (tertiary/aromatic N) is 2. The minimum absolute atomic E-state index is 0.00984. The Hall–Kier alpha value is -1.67. The third kappa shape index (κ3) is 2.93. The number of rotatable bonds is 3. The summed E-state index contributed by atoms with van der Waals surface area (Å²) in [6.07, 6.45) is 2.86. The van der Waals surface area contributed by atoms with E-state index in [1.54, 1.807) is 6.07 Å². The van der Waals surface area contributed by atoms with Crippen molar-refractivity contribution in [1.82, 2.24) is 15.1 Å². The van der Waals surface area contributed by atoms with Gasteiger partial charge in [-0.05, 0) is 47.3 Å². The normalized spacial score (nSPS) is 18.4. The molecule has 0 aromatic carbocycles. The minimum Gasteiger partial charge on any atom is -0.364 e. The van der Waals surface area contributed by atoms with Crippen molar-refractivity contribution in [2.24, 2.45) is 5.73 Å². The number of aromatic nitrogens is 2. The Morgan fingerprint density at radius 2 is 2.23 bits per heavy atom. The van der Waals surface area contributed by atoms with Crippen LogP contribution in [0, 0.1) is 0 Å². The lowest BCUT2D eigenvalue weighted by atomic mass is 9.99. The van der Waals surface area contributed by atoms with Gasteiger partial charge in [-0.3, -0.25) is 14.7 Å². The summed E-state index contributed by atoms with van der Waals surface area (Å²) in [4.78, 5) is 26.5. The lowest BCUT2D eigenvalue weighted by Crippen LogP contribution is -2.38. The number of nitrogens with one attached hydrogen (secondary N) is 1. The summed E-state index contributed by atoms with van der Waals surface area (Å²) < 4.78 is 0.909. The van der Waals surface area contributed by atoms with E-state index < -0.39 is 5.91 Å². The number of aromatic amines is 1. The van der Waals surface area contributed by atoms with Gasteiger partial charge in [-0.15, -0.1) is 11.3 Å². The van der Waals surface area contributed by atoms with Crippen LogP contribution in [0.3, 0.4) is 0 Å². The highest BCUT2D eigenvalue weighted by Crippen LogP contribution is 2.32. The Morgan fingerprint density at radius 3 is 2.86 bits per heavy atom. The van der Waals surface area contributed by atoms with Gasteiger partial charge in [0, 0.05) is 16.4 Å². The summed E-state index contributed by atoms with van der Waals surface area (Å²) >= 11 is 4.80. The van der Waals surface area contributed by atoms with Gasteiger partial charge in [-0.1, -0.05) is 0 Å². The first-order chi connectivity index (χ1) is 10.6. The van der Waals surface area contributed by atoms with E-state index in [0.29, 0.717) is 11.4 Å². The first kappa shape index (κ1) is 15.2. The van der Waals surface area contributed by atoms with Crippen LogP contribution in [-0.4, -0.2) is 33.5 Å². The fraction of sp³-hybridized carbons (Fsp3) is 0.357. The molecule has 1 atom stereocenters. The molecule has 0 bridgehead atoms. The Kier molecular flexibility index (Phi) is 4.30. The quantitative estimate of drug-likeness (QED) is 0.854. The zero-order chi connectivity index (χ0) is 15.7.